The Kier molecular flexibility index (Phi) is 3.42. The van der Waals surface area contributed by atoms with E-state index in [1.54, 1.807) is 30.3 Å². The SMILES string of the molecule is CC1(C)C=C(c2ccc(C#N)cc2)c2cc(C(=O)O)ccc2O1. The summed E-state index contributed by atoms with van der Waals surface area (Å²) in [4.78, 5) is 11.2. The number of fused-ring (bicyclic) bond motifs is 1. The first kappa shape index (κ1) is 14.9. The van der Waals surface area contributed by atoms with Crippen molar-refractivity contribution < 1.29 is 14.6 Å². The van der Waals surface area contributed by atoms with Crippen LogP contribution in [0.2, 0.25) is 0 Å². The second kappa shape index (κ2) is 5.29. The van der Waals surface area contributed by atoms with Crippen molar-refractivity contribution in [3.8, 4) is 11.8 Å². The molecule has 1 N–H and O–H groups in total. The number of ether oxygens (including phenoxy) is 1. The highest BCUT2D eigenvalue weighted by atomic mass is 16.5. The van der Waals surface area contributed by atoms with Crippen LogP contribution in [0.25, 0.3) is 5.57 Å². The number of nitriles is 1. The zero-order chi connectivity index (χ0) is 16.6. The van der Waals surface area contributed by atoms with Crippen LogP contribution in [0.4, 0.5) is 0 Å². The lowest BCUT2D eigenvalue weighted by Crippen LogP contribution is -2.29. The first-order chi connectivity index (χ1) is 10.9. The van der Waals surface area contributed by atoms with Crippen LogP contribution in [0.1, 0.15) is 40.9 Å². The fraction of sp³-hybridized carbons (Fsp3) is 0.158. The van der Waals surface area contributed by atoms with Gasteiger partial charge in [-0.05, 0) is 61.4 Å². The number of carboxylic acid groups (broad SMARTS) is 1. The molecule has 0 atom stereocenters. The maximum atomic E-state index is 11.2. The van der Waals surface area contributed by atoms with Crippen molar-refractivity contribution in [1.82, 2.24) is 0 Å². The molecule has 0 fully saturated rings. The largest absolute Gasteiger partial charge is 0.483 e. The molecule has 0 saturated heterocycles. The summed E-state index contributed by atoms with van der Waals surface area (Å²) in [6, 6.07) is 14.2. The average Bonchev–Trinajstić information content (AvgIpc) is 2.53. The minimum Gasteiger partial charge on any atom is -0.483 e. The summed E-state index contributed by atoms with van der Waals surface area (Å²) >= 11 is 0. The normalized spacial score (nSPS) is 14.9. The van der Waals surface area contributed by atoms with Gasteiger partial charge >= 0.3 is 5.97 Å². The maximum absolute atomic E-state index is 11.2. The predicted molar refractivity (Wildman–Crippen MR) is 86.3 cm³/mol. The van der Waals surface area contributed by atoms with Gasteiger partial charge < -0.3 is 9.84 Å². The Labute approximate surface area is 134 Å². The lowest BCUT2D eigenvalue weighted by molar-refractivity contribution is 0.0696. The summed E-state index contributed by atoms with van der Waals surface area (Å²) in [6.45, 7) is 3.90. The molecular formula is C19H15NO3. The van der Waals surface area contributed by atoms with Crippen LogP contribution in [0.3, 0.4) is 0 Å². The lowest BCUT2D eigenvalue weighted by Gasteiger charge is -2.31. The molecule has 0 saturated carbocycles. The van der Waals surface area contributed by atoms with Crippen molar-refractivity contribution in [1.29, 1.82) is 5.26 Å². The molecular weight excluding hydrogens is 290 g/mol. The van der Waals surface area contributed by atoms with E-state index in [2.05, 4.69) is 6.07 Å². The van der Waals surface area contributed by atoms with Gasteiger partial charge in [-0.25, -0.2) is 4.79 Å². The van der Waals surface area contributed by atoms with Gasteiger partial charge in [-0.1, -0.05) is 12.1 Å². The second-order valence-corrected chi connectivity index (χ2v) is 5.97. The third-order valence-electron chi connectivity index (χ3n) is 3.71. The Morgan fingerprint density at radius 1 is 1.17 bits per heavy atom. The van der Waals surface area contributed by atoms with Gasteiger partial charge in [0.25, 0.3) is 0 Å². The van der Waals surface area contributed by atoms with Crippen LogP contribution < -0.4 is 4.74 Å². The number of rotatable bonds is 2. The van der Waals surface area contributed by atoms with E-state index in [1.807, 2.05) is 32.1 Å². The molecule has 2 aromatic carbocycles. The van der Waals surface area contributed by atoms with E-state index in [1.165, 1.54) is 0 Å². The maximum Gasteiger partial charge on any atom is 0.335 e. The van der Waals surface area contributed by atoms with E-state index in [9.17, 15) is 9.90 Å². The smallest absolute Gasteiger partial charge is 0.335 e. The van der Waals surface area contributed by atoms with Crippen molar-refractivity contribution in [2.45, 2.75) is 19.4 Å². The lowest BCUT2D eigenvalue weighted by atomic mass is 9.89. The van der Waals surface area contributed by atoms with Crippen LogP contribution in [-0.2, 0) is 0 Å². The number of carbonyl (C=O) groups is 1. The fourth-order valence-corrected chi connectivity index (χ4v) is 2.66. The highest BCUT2D eigenvalue weighted by Gasteiger charge is 2.27. The molecule has 2 aromatic rings. The van der Waals surface area contributed by atoms with Crippen molar-refractivity contribution in [2.75, 3.05) is 0 Å². The van der Waals surface area contributed by atoms with Crippen molar-refractivity contribution in [2.24, 2.45) is 0 Å². The standard InChI is InChI=1S/C19H15NO3/c1-19(2)10-16(13-5-3-12(11-20)4-6-13)15-9-14(18(21)22)7-8-17(15)23-19/h3-10H,1-2H3,(H,21,22). The molecule has 1 aliphatic rings. The summed E-state index contributed by atoms with van der Waals surface area (Å²) < 4.78 is 5.93. The monoisotopic (exact) mass is 305 g/mol. The third-order valence-corrected chi connectivity index (χ3v) is 3.71. The van der Waals surface area contributed by atoms with Gasteiger partial charge in [0.05, 0.1) is 17.2 Å². The van der Waals surface area contributed by atoms with E-state index in [-0.39, 0.29) is 5.56 Å². The van der Waals surface area contributed by atoms with Gasteiger partial charge in [-0.15, -0.1) is 0 Å². The molecule has 0 bridgehead atoms. The van der Waals surface area contributed by atoms with Crippen LogP contribution in [0.15, 0.2) is 48.5 Å². The number of aromatic carboxylic acids is 1. The Morgan fingerprint density at radius 2 is 1.87 bits per heavy atom. The third kappa shape index (κ3) is 2.82. The molecule has 0 spiro atoms. The molecule has 23 heavy (non-hydrogen) atoms. The topological polar surface area (TPSA) is 70.3 Å². The molecule has 0 unspecified atom stereocenters. The molecule has 4 nitrogen and oxygen atoms in total. The molecule has 3 rings (SSSR count). The molecule has 0 aromatic heterocycles. The minimum atomic E-state index is -0.975. The van der Waals surface area contributed by atoms with E-state index >= 15 is 0 Å². The Hall–Kier alpha value is -3.06. The van der Waals surface area contributed by atoms with E-state index in [0.717, 1.165) is 16.7 Å². The van der Waals surface area contributed by atoms with Crippen LogP contribution in [0.5, 0.6) is 5.75 Å². The van der Waals surface area contributed by atoms with Crippen LogP contribution in [-0.4, -0.2) is 16.7 Å². The fourth-order valence-electron chi connectivity index (χ4n) is 2.66. The quantitative estimate of drug-likeness (QED) is 0.914. The number of hydrogen-bond donors (Lipinski definition) is 1. The summed E-state index contributed by atoms with van der Waals surface area (Å²) in [6.07, 6.45) is 1.97. The molecule has 4 heteroatoms. The minimum absolute atomic E-state index is 0.214. The van der Waals surface area contributed by atoms with Gasteiger partial charge in [0.2, 0.25) is 0 Å². The molecule has 0 radical (unpaired) electrons. The van der Waals surface area contributed by atoms with Gasteiger partial charge in [0, 0.05) is 5.56 Å². The number of hydrogen-bond acceptors (Lipinski definition) is 3. The van der Waals surface area contributed by atoms with Crippen LogP contribution >= 0.6 is 0 Å². The molecule has 0 aliphatic carbocycles. The Bertz CT molecular complexity index is 855. The first-order valence-electron chi connectivity index (χ1n) is 7.20. The van der Waals surface area contributed by atoms with E-state index < -0.39 is 11.6 Å². The molecule has 1 heterocycles. The highest BCUT2D eigenvalue weighted by Crippen LogP contribution is 2.39. The van der Waals surface area contributed by atoms with Crippen molar-refractivity contribution >= 4 is 11.5 Å². The Morgan fingerprint density at radius 3 is 2.48 bits per heavy atom. The van der Waals surface area contributed by atoms with E-state index in [0.29, 0.717) is 11.3 Å². The average molecular weight is 305 g/mol. The molecule has 0 amide bonds. The Balaban J connectivity index is 2.17. The summed E-state index contributed by atoms with van der Waals surface area (Å²) in [5.74, 6) is -0.321. The number of carboxylic acids is 1. The summed E-state index contributed by atoms with van der Waals surface area (Å²) in [5.41, 5.74) is 2.87. The van der Waals surface area contributed by atoms with Gasteiger partial charge in [-0.3, -0.25) is 0 Å². The number of nitrogens with zero attached hydrogens (tertiary/aromatic N) is 1. The van der Waals surface area contributed by atoms with Crippen molar-refractivity contribution in [3.63, 3.8) is 0 Å². The van der Waals surface area contributed by atoms with Crippen molar-refractivity contribution in [3.05, 3.63) is 70.8 Å². The highest BCUT2D eigenvalue weighted by molar-refractivity contribution is 5.92. The zero-order valence-corrected chi connectivity index (χ0v) is 12.8. The van der Waals surface area contributed by atoms with Gasteiger partial charge in [-0.2, -0.15) is 5.26 Å². The summed E-state index contributed by atoms with van der Waals surface area (Å²) in [5, 5.41) is 18.1. The predicted octanol–water partition coefficient (Wildman–Crippen LogP) is 3.86. The summed E-state index contributed by atoms with van der Waals surface area (Å²) in [7, 11) is 0. The molecule has 114 valence electrons. The first-order valence-corrected chi connectivity index (χ1v) is 7.20. The van der Waals surface area contributed by atoms with Gasteiger partial charge in [0.1, 0.15) is 11.4 Å². The van der Waals surface area contributed by atoms with E-state index in [4.69, 9.17) is 10.00 Å². The zero-order valence-electron chi connectivity index (χ0n) is 12.8. The van der Waals surface area contributed by atoms with Crippen LogP contribution in [0, 0.1) is 11.3 Å². The second-order valence-electron chi connectivity index (χ2n) is 5.97. The number of benzene rings is 2. The molecule has 1 aliphatic heterocycles. The van der Waals surface area contributed by atoms with Gasteiger partial charge in [0.15, 0.2) is 0 Å².